The molecule has 1 aliphatic heterocycles. The van der Waals surface area contributed by atoms with Crippen LogP contribution in [0.5, 0.6) is 5.75 Å². The predicted molar refractivity (Wildman–Crippen MR) is 160 cm³/mol. The van der Waals surface area contributed by atoms with Crippen LogP contribution in [0.3, 0.4) is 0 Å². The Morgan fingerprint density at radius 1 is 1.12 bits per heavy atom. The minimum atomic E-state index is -0.605. The highest BCUT2D eigenvalue weighted by Crippen LogP contribution is 2.29. The van der Waals surface area contributed by atoms with Gasteiger partial charge >= 0.3 is 0 Å². The molecule has 3 aromatic rings. The zero-order valence-corrected chi connectivity index (χ0v) is 25.4. The Kier molecular flexibility index (Phi) is 10.2. The Balaban J connectivity index is 1.00. The second-order valence-electron chi connectivity index (χ2n) is 11.1. The number of hydrogen-bond donors (Lipinski definition) is 1. The normalized spacial score (nSPS) is 16.9. The third kappa shape index (κ3) is 7.95. The summed E-state index contributed by atoms with van der Waals surface area (Å²) in [6.45, 7) is 5.67. The van der Waals surface area contributed by atoms with Gasteiger partial charge in [-0.2, -0.15) is 4.98 Å². The van der Waals surface area contributed by atoms with Gasteiger partial charge in [-0.15, -0.1) is 0 Å². The van der Waals surface area contributed by atoms with Crippen LogP contribution in [0, 0.1) is 11.7 Å². The lowest BCUT2D eigenvalue weighted by Crippen LogP contribution is -2.54. The van der Waals surface area contributed by atoms with Crippen LogP contribution in [0.25, 0.3) is 11.4 Å². The zero-order valence-electron chi connectivity index (χ0n) is 23.9. The molecule has 42 heavy (non-hydrogen) atoms. The van der Waals surface area contributed by atoms with Gasteiger partial charge in [-0.1, -0.05) is 33.9 Å². The lowest BCUT2D eigenvalue weighted by molar-refractivity contribution is -0.134. The van der Waals surface area contributed by atoms with Crippen molar-refractivity contribution < 1.29 is 23.2 Å². The molecule has 2 amide bonds. The predicted octanol–water partition coefficient (Wildman–Crippen LogP) is 5.10. The Bertz CT molecular complexity index is 1350. The fourth-order valence-electron chi connectivity index (χ4n) is 5.56. The number of aromatic nitrogens is 2. The summed E-state index contributed by atoms with van der Waals surface area (Å²) in [5.41, 5.74) is 0.817. The van der Waals surface area contributed by atoms with Gasteiger partial charge in [0.25, 0.3) is 5.91 Å². The van der Waals surface area contributed by atoms with E-state index in [0.29, 0.717) is 48.4 Å². The first kappa shape index (κ1) is 30.2. The van der Waals surface area contributed by atoms with Gasteiger partial charge < -0.3 is 19.5 Å². The number of nitrogens with zero attached hydrogens (tertiary/aromatic N) is 4. The summed E-state index contributed by atoms with van der Waals surface area (Å²) in [6.07, 6.45) is 6.38. The average Bonchev–Trinajstić information content (AvgIpc) is 3.68. The van der Waals surface area contributed by atoms with Gasteiger partial charge in [0.15, 0.2) is 0 Å². The number of amides is 2. The maximum absolute atomic E-state index is 14.8. The fourth-order valence-corrected chi connectivity index (χ4v) is 5.83. The summed E-state index contributed by atoms with van der Waals surface area (Å²) < 4.78 is 26.9. The second-order valence-corrected chi connectivity index (χ2v) is 12.0. The molecule has 224 valence electrons. The second kappa shape index (κ2) is 14.2. The van der Waals surface area contributed by atoms with Crippen molar-refractivity contribution in [3.63, 3.8) is 0 Å². The van der Waals surface area contributed by atoms with Crippen molar-refractivity contribution in [3.05, 3.63) is 64.2 Å². The number of benzene rings is 2. The Morgan fingerprint density at radius 3 is 2.57 bits per heavy atom. The van der Waals surface area contributed by atoms with Gasteiger partial charge in [-0.3, -0.25) is 14.5 Å². The maximum Gasteiger partial charge on any atom is 0.251 e. The standard InChI is InChI=1S/C31H37BrFN5O4/c1-21(34-30(39)23-7-9-24(32)10-8-23)31(40)38-16-14-37(15-17-38)13-4-18-41-25-11-12-26(27(33)20-25)29-35-28(42-36-29)19-22-5-2-3-6-22/h7-12,20-22H,2-6,13-19H2,1H3,(H,34,39)/t21-/m1/s1. The molecule has 2 aromatic carbocycles. The molecular weight excluding hydrogens is 605 g/mol. The first-order valence-electron chi connectivity index (χ1n) is 14.7. The van der Waals surface area contributed by atoms with E-state index in [4.69, 9.17) is 9.26 Å². The van der Waals surface area contributed by atoms with Crippen LogP contribution in [0.1, 0.15) is 55.3 Å². The molecule has 1 N–H and O–H groups in total. The van der Waals surface area contributed by atoms with Crippen LogP contribution in [-0.4, -0.2) is 77.1 Å². The van der Waals surface area contributed by atoms with E-state index in [-0.39, 0.29) is 17.6 Å². The molecule has 0 radical (unpaired) electrons. The molecule has 1 atom stereocenters. The van der Waals surface area contributed by atoms with Crippen molar-refractivity contribution in [1.29, 1.82) is 0 Å². The lowest BCUT2D eigenvalue weighted by atomic mass is 10.0. The molecule has 11 heteroatoms. The molecule has 5 rings (SSSR count). The largest absolute Gasteiger partial charge is 0.493 e. The summed E-state index contributed by atoms with van der Waals surface area (Å²) in [5.74, 6) is 1.08. The van der Waals surface area contributed by atoms with E-state index in [1.54, 1.807) is 48.2 Å². The van der Waals surface area contributed by atoms with Gasteiger partial charge in [0.1, 0.15) is 17.6 Å². The van der Waals surface area contributed by atoms with E-state index < -0.39 is 11.9 Å². The van der Waals surface area contributed by atoms with Crippen LogP contribution < -0.4 is 10.1 Å². The molecule has 9 nitrogen and oxygen atoms in total. The van der Waals surface area contributed by atoms with Gasteiger partial charge in [-0.25, -0.2) is 4.39 Å². The van der Waals surface area contributed by atoms with Crippen LogP contribution in [0.15, 0.2) is 51.5 Å². The first-order valence-corrected chi connectivity index (χ1v) is 15.5. The molecule has 1 aromatic heterocycles. The van der Waals surface area contributed by atoms with E-state index in [2.05, 4.69) is 36.3 Å². The first-order chi connectivity index (χ1) is 20.4. The van der Waals surface area contributed by atoms with Crippen LogP contribution >= 0.6 is 15.9 Å². The number of ether oxygens (including phenoxy) is 1. The van der Waals surface area contributed by atoms with E-state index in [9.17, 15) is 14.0 Å². The number of hydrogen-bond acceptors (Lipinski definition) is 7. The molecule has 1 aliphatic carbocycles. The summed E-state index contributed by atoms with van der Waals surface area (Å²) in [5, 5.41) is 6.78. The summed E-state index contributed by atoms with van der Waals surface area (Å²) in [4.78, 5) is 33.8. The molecule has 2 fully saturated rings. The maximum atomic E-state index is 14.8. The monoisotopic (exact) mass is 641 g/mol. The minimum Gasteiger partial charge on any atom is -0.493 e. The molecule has 2 aliphatic rings. The Hall–Kier alpha value is -3.31. The third-order valence-electron chi connectivity index (χ3n) is 7.98. The SMILES string of the molecule is C[C@@H](NC(=O)c1ccc(Br)cc1)C(=O)N1CCN(CCCOc2ccc(-c3noc(CC4CCCC4)n3)c(F)c2)CC1. The molecule has 2 heterocycles. The van der Waals surface area contributed by atoms with E-state index in [1.165, 1.54) is 31.7 Å². The van der Waals surface area contributed by atoms with Gasteiger partial charge in [0.2, 0.25) is 17.6 Å². The summed E-state index contributed by atoms with van der Waals surface area (Å²) >= 11 is 3.35. The van der Waals surface area contributed by atoms with Crippen molar-refractivity contribution in [3.8, 4) is 17.1 Å². The van der Waals surface area contributed by atoms with Crippen molar-refractivity contribution in [2.75, 3.05) is 39.3 Å². The number of nitrogens with one attached hydrogen (secondary N) is 1. The van der Waals surface area contributed by atoms with Crippen LogP contribution in [0.2, 0.25) is 0 Å². The highest BCUT2D eigenvalue weighted by Gasteiger charge is 2.26. The van der Waals surface area contributed by atoms with E-state index in [1.807, 2.05) is 0 Å². The molecule has 0 unspecified atom stereocenters. The smallest absolute Gasteiger partial charge is 0.251 e. The highest BCUT2D eigenvalue weighted by molar-refractivity contribution is 9.10. The van der Waals surface area contributed by atoms with Crippen molar-refractivity contribution in [2.45, 2.75) is 51.5 Å². The number of halogens is 2. The Morgan fingerprint density at radius 2 is 1.86 bits per heavy atom. The average molecular weight is 643 g/mol. The summed E-state index contributed by atoms with van der Waals surface area (Å²) in [6, 6.07) is 11.1. The summed E-state index contributed by atoms with van der Waals surface area (Å²) in [7, 11) is 0. The molecular formula is C31H37BrFN5O4. The molecule has 1 saturated carbocycles. The minimum absolute atomic E-state index is 0.0835. The highest BCUT2D eigenvalue weighted by atomic mass is 79.9. The fraction of sp³-hybridized carbons (Fsp3) is 0.484. The van der Waals surface area contributed by atoms with Crippen LogP contribution in [0.4, 0.5) is 4.39 Å². The van der Waals surface area contributed by atoms with E-state index >= 15 is 0 Å². The number of carbonyl (C=O) groups is 2. The van der Waals surface area contributed by atoms with Gasteiger partial charge in [-0.05, 0) is 68.5 Å². The van der Waals surface area contributed by atoms with Crippen molar-refractivity contribution in [2.24, 2.45) is 5.92 Å². The third-order valence-corrected chi connectivity index (χ3v) is 8.51. The topological polar surface area (TPSA) is 101 Å². The lowest BCUT2D eigenvalue weighted by Gasteiger charge is -2.36. The van der Waals surface area contributed by atoms with E-state index in [0.717, 1.165) is 36.9 Å². The Labute approximate surface area is 253 Å². The number of carbonyl (C=O) groups excluding carboxylic acids is 2. The number of rotatable bonds is 11. The zero-order chi connectivity index (χ0) is 29.5. The molecule has 0 bridgehead atoms. The van der Waals surface area contributed by atoms with Gasteiger partial charge in [0, 0.05) is 55.2 Å². The quantitative estimate of drug-likeness (QED) is 0.291. The molecule has 1 saturated heterocycles. The number of piperazine rings is 1. The molecule has 0 spiro atoms. The van der Waals surface area contributed by atoms with Crippen molar-refractivity contribution >= 4 is 27.7 Å². The van der Waals surface area contributed by atoms with Gasteiger partial charge in [0.05, 0.1) is 12.2 Å². The van der Waals surface area contributed by atoms with Crippen molar-refractivity contribution in [1.82, 2.24) is 25.3 Å². The van der Waals surface area contributed by atoms with Crippen LogP contribution in [-0.2, 0) is 11.2 Å².